The lowest BCUT2D eigenvalue weighted by Gasteiger charge is -2.58. The van der Waals surface area contributed by atoms with Gasteiger partial charge in [0.15, 0.2) is 0 Å². The topological polar surface area (TPSA) is 37.3 Å². The van der Waals surface area contributed by atoms with Gasteiger partial charge in [-0.2, -0.15) is 0 Å². The van der Waals surface area contributed by atoms with Gasteiger partial charge in [0, 0.05) is 11.8 Å². The van der Waals surface area contributed by atoms with Crippen molar-refractivity contribution >= 4 is 5.78 Å². The van der Waals surface area contributed by atoms with E-state index < -0.39 is 0 Å². The molecule has 4 saturated carbocycles. The third-order valence-electron chi connectivity index (χ3n) is 8.63. The first kappa shape index (κ1) is 15.2. The molecule has 0 aromatic carbocycles. The summed E-state index contributed by atoms with van der Waals surface area (Å²) in [7, 11) is 0. The van der Waals surface area contributed by atoms with Gasteiger partial charge >= 0.3 is 0 Å². The van der Waals surface area contributed by atoms with Gasteiger partial charge in [0.25, 0.3) is 0 Å². The lowest BCUT2D eigenvalue weighted by atomic mass is 9.46. The zero-order valence-corrected chi connectivity index (χ0v) is 14.9. The SMILES string of the molecule is CC(C)[C@@H]1CC[C@]2(C)C(=O)C[C@@]3(C)C[C@H]4C[C@@]4(C)[C@@H](O)[C@@H]3[C@@H]12. The summed E-state index contributed by atoms with van der Waals surface area (Å²) in [4.78, 5) is 13.1. The summed E-state index contributed by atoms with van der Waals surface area (Å²) < 4.78 is 0. The molecule has 4 aliphatic rings. The van der Waals surface area contributed by atoms with Crippen molar-refractivity contribution in [3.05, 3.63) is 0 Å². The molecule has 0 aromatic rings. The Morgan fingerprint density at radius 3 is 2.45 bits per heavy atom. The van der Waals surface area contributed by atoms with E-state index in [4.69, 9.17) is 0 Å². The Labute approximate surface area is 135 Å². The predicted molar refractivity (Wildman–Crippen MR) is 87.2 cm³/mol. The third kappa shape index (κ3) is 1.63. The number of fused-ring (bicyclic) bond motifs is 4. The Balaban J connectivity index is 1.81. The van der Waals surface area contributed by atoms with Crippen LogP contribution in [0.3, 0.4) is 0 Å². The summed E-state index contributed by atoms with van der Waals surface area (Å²) in [5, 5.41) is 11.3. The highest BCUT2D eigenvalue weighted by Crippen LogP contribution is 2.73. The van der Waals surface area contributed by atoms with Crippen molar-refractivity contribution in [3.8, 4) is 0 Å². The summed E-state index contributed by atoms with van der Waals surface area (Å²) in [5.41, 5.74) is 0.0204. The van der Waals surface area contributed by atoms with Crippen molar-refractivity contribution < 1.29 is 9.90 Å². The van der Waals surface area contributed by atoms with Crippen LogP contribution in [0.15, 0.2) is 0 Å². The minimum Gasteiger partial charge on any atom is -0.392 e. The maximum Gasteiger partial charge on any atom is 0.139 e. The molecule has 1 N–H and O–H groups in total. The minimum absolute atomic E-state index is 0.0405. The molecule has 0 amide bonds. The van der Waals surface area contributed by atoms with Crippen LogP contribution in [-0.4, -0.2) is 17.0 Å². The molecule has 0 radical (unpaired) electrons. The summed E-state index contributed by atoms with van der Waals surface area (Å²) in [6.07, 6.45) is 5.05. The maximum atomic E-state index is 13.1. The summed E-state index contributed by atoms with van der Waals surface area (Å²) >= 11 is 0. The zero-order valence-electron chi connectivity index (χ0n) is 14.9. The second-order valence-corrected chi connectivity index (χ2v) is 10.2. The number of rotatable bonds is 1. The number of hydrogen-bond acceptors (Lipinski definition) is 2. The van der Waals surface area contributed by atoms with Crippen molar-refractivity contribution in [1.82, 2.24) is 0 Å². The molecular weight excluding hydrogens is 272 g/mol. The van der Waals surface area contributed by atoms with Crippen LogP contribution < -0.4 is 0 Å². The second kappa shape index (κ2) is 4.18. The fourth-order valence-electron chi connectivity index (χ4n) is 7.04. The Hall–Kier alpha value is -0.370. The van der Waals surface area contributed by atoms with E-state index in [0.29, 0.717) is 41.8 Å². The maximum absolute atomic E-state index is 13.1. The normalized spacial score (nSPS) is 60.0. The number of ketones is 1. The zero-order chi connectivity index (χ0) is 16.1. The van der Waals surface area contributed by atoms with Crippen LogP contribution in [0.4, 0.5) is 0 Å². The molecule has 22 heavy (non-hydrogen) atoms. The average molecular weight is 304 g/mol. The van der Waals surface area contributed by atoms with Crippen molar-refractivity contribution in [2.45, 2.75) is 72.8 Å². The first-order valence-corrected chi connectivity index (χ1v) is 9.35. The number of hydrogen-bond donors (Lipinski definition) is 1. The van der Waals surface area contributed by atoms with Gasteiger partial charge in [-0.15, -0.1) is 0 Å². The summed E-state index contributed by atoms with van der Waals surface area (Å²) in [6, 6.07) is 0. The second-order valence-electron chi connectivity index (χ2n) is 10.2. The van der Waals surface area contributed by atoms with Crippen LogP contribution in [0.5, 0.6) is 0 Å². The van der Waals surface area contributed by atoms with Gasteiger partial charge in [-0.3, -0.25) is 4.79 Å². The highest BCUT2D eigenvalue weighted by atomic mass is 16.3. The highest BCUT2D eigenvalue weighted by molar-refractivity contribution is 5.87. The Morgan fingerprint density at radius 2 is 1.82 bits per heavy atom. The van der Waals surface area contributed by atoms with E-state index >= 15 is 0 Å². The molecule has 4 aliphatic carbocycles. The molecule has 0 aliphatic heterocycles. The van der Waals surface area contributed by atoms with Gasteiger partial charge < -0.3 is 5.11 Å². The van der Waals surface area contributed by atoms with Gasteiger partial charge in [-0.1, -0.05) is 34.6 Å². The van der Waals surface area contributed by atoms with Crippen LogP contribution in [0, 0.1) is 45.8 Å². The molecule has 0 heterocycles. The molecule has 124 valence electrons. The van der Waals surface area contributed by atoms with Gasteiger partial charge in [0.05, 0.1) is 6.10 Å². The fraction of sp³-hybridized carbons (Fsp3) is 0.950. The molecule has 4 fully saturated rings. The molecule has 2 nitrogen and oxygen atoms in total. The van der Waals surface area contributed by atoms with Crippen LogP contribution >= 0.6 is 0 Å². The molecular formula is C20H32O2. The predicted octanol–water partition coefficient (Wildman–Crippen LogP) is 4.06. The van der Waals surface area contributed by atoms with E-state index in [1.807, 2.05) is 0 Å². The molecule has 0 spiro atoms. The lowest BCUT2D eigenvalue weighted by molar-refractivity contribution is -0.169. The van der Waals surface area contributed by atoms with Gasteiger partial charge in [0.1, 0.15) is 5.78 Å². The van der Waals surface area contributed by atoms with Crippen molar-refractivity contribution in [2.24, 2.45) is 45.8 Å². The van der Waals surface area contributed by atoms with Crippen LogP contribution in [-0.2, 0) is 4.79 Å². The molecule has 0 aromatic heterocycles. The lowest BCUT2D eigenvalue weighted by Crippen LogP contribution is -2.59. The number of aliphatic hydroxyl groups excluding tert-OH is 1. The van der Waals surface area contributed by atoms with Gasteiger partial charge in [-0.25, -0.2) is 0 Å². The van der Waals surface area contributed by atoms with E-state index in [-0.39, 0.29) is 22.3 Å². The van der Waals surface area contributed by atoms with E-state index in [2.05, 4.69) is 34.6 Å². The molecule has 8 atom stereocenters. The molecule has 2 heteroatoms. The minimum atomic E-state index is -0.201. The van der Waals surface area contributed by atoms with Crippen LogP contribution in [0.1, 0.15) is 66.7 Å². The van der Waals surface area contributed by atoms with E-state index in [9.17, 15) is 9.90 Å². The molecule has 0 unspecified atom stereocenters. The average Bonchev–Trinajstić information content (AvgIpc) is 2.91. The standard InChI is InChI=1S/C20H32O2/c1-11(2)13-6-7-19(4)14(21)10-18(3)8-12-9-20(12,5)17(22)16(18)15(13)19/h11-13,15-17,22H,6-10H2,1-5H3/t12-,13-,15+,16-,17-,18+,19+,20+/m0/s1. The number of carbonyl (C=O) groups is 1. The Bertz CT molecular complexity index is 526. The molecule has 0 saturated heterocycles. The number of Topliss-reactive ketones (excluding diaryl/α,β-unsaturated/α-hetero) is 1. The monoisotopic (exact) mass is 304 g/mol. The first-order valence-electron chi connectivity index (χ1n) is 9.35. The Morgan fingerprint density at radius 1 is 1.14 bits per heavy atom. The number of carbonyl (C=O) groups excluding carboxylic acids is 1. The first-order chi connectivity index (χ1) is 10.1. The van der Waals surface area contributed by atoms with Crippen molar-refractivity contribution in [1.29, 1.82) is 0 Å². The number of aliphatic hydroxyl groups is 1. The van der Waals surface area contributed by atoms with Crippen LogP contribution in [0.2, 0.25) is 0 Å². The third-order valence-corrected chi connectivity index (χ3v) is 8.63. The van der Waals surface area contributed by atoms with Gasteiger partial charge in [0.2, 0.25) is 0 Å². The molecule has 0 bridgehead atoms. The van der Waals surface area contributed by atoms with E-state index in [1.165, 1.54) is 12.8 Å². The Kier molecular flexibility index (Phi) is 2.88. The highest BCUT2D eigenvalue weighted by Gasteiger charge is 2.72. The fourth-order valence-corrected chi connectivity index (χ4v) is 7.04. The molecule has 4 rings (SSSR count). The smallest absolute Gasteiger partial charge is 0.139 e. The van der Waals surface area contributed by atoms with E-state index in [1.54, 1.807) is 0 Å². The quantitative estimate of drug-likeness (QED) is 0.793. The summed E-state index contributed by atoms with van der Waals surface area (Å²) in [6.45, 7) is 11.4. The van der Waals surface area contributed by atoms with E-state index in [0.717, 1.165) is 12.8 Å². The summed E-state index contributed by atoms with van der Waals surface area (Å²) in [5.74, 6) is 3.09. The van der Waals surface area contributed by atoms with Gasteiger partial charge in [-0.05, 0) is 66.1 Å². The van der Waals surface area contributed by atoms with Crippen molar-refractivity contribution in [2.75, 3.05) is 0 Å². The largest absolute Gasteiger partial charge is 0.392 e. The van der Waals surface area contributed by atoms with Crippen molar-refractivity contribution in [3.63, 3.8) is 0 Å². The van der Waals surface area contributed by atoms with Crippen LogP contribution in [0.25, 0.3) is 0 Å².